The van der Waals surface area contributed by atoms with Crippen molar-refractivity contribution < 1.29 is 0 Å². The average molecular weight is 244 g/mol. The largest absolute Gasteiger partial charge is 0.294 e. The van der Waals surface area contributed by atoms with Gasteiger partial charge in [-0.2, -0.15) is 5.26 Å². The van der Waals surface area contributed by atoms with E-state index in [0.717, 1.165) is 6.42 Å². The van der Waals surface area contributed by atoms with Gasteiger partial charge in [0.05, 0.1) is 6.07 Å². The van der Waals surface area contributed by atoms with Crippen LogP contribution in [0.5, 0.6) is 0 Å². The Morgan fingerprint density at radius 2 is 1.61 bits per heavy atom. The van der Waals surface area contributed by atoms with Gasteiger partial charge in [-0.3, -0.25) is 4.90 Å². The molecule has 3 unspecified atom stereocenters. The van der Waals surface area contributed by atoms with Gasteiger partial charge in [0.25, 0.3) is 0 Å². The van der Waals surface area contributed by atoms with Crippen LogP contribution in [-0.2, 0) is 0 Å². The molecule has 0 aliphatic carbocycles. The Morgan fingerprint density at radius 3 is 2.00 bits per heavy atom. The van der Waals surface area contributed by atoms with E-state index in [1.807, 2.05) is 19.0 Å². The lowest BCUT2D eigenvalue weighted by atomic mass is 9.90. The van der Waals surface area contributed by atoms with E-state index in [2.05, 4.69) is 51.1 Å². The predicted octanol–water partition coefficient (Wildman–Crippen LogP) is 3.76. The molecular weight excluding hydrogens is 220 g/mol. The van der Waals surface area contributed by atoms with Crippen molar-refractivity contribution in [1.82, 2.24) is 4.90 Å². The molecule has 0 spiro atoms. The predicted molar refractivity (Wildman–Crippen MR) is 76.7 cm³/mol. The highest BCUT2D eigenvalue weighted by atomic mass is 15.1. The molecule has 0 radical (unpaired) electrons. The normalized spacial score (nSPS) is 16.1. The van der Waals surface area contributed by atoms with Gasteiger partial charge in [0.1, 0.15) is 6.04 Å². The molecule has 3 atom stereocenters. The lowest BCUT2D eigenvalue weighted by molar-refractivity contribution is 0.316. The number of benzene rings is 1. The Hall–Kier alpha value is -1.33. The van der Waals surface area contributed by atoms with E-state index in [1.165, 1.54) is 11.1 Å². The van der Waals surface area contributed by atoms with E-state index >= 15 is 0 Å². The second-order valence-corrected chi connectivity index (χ2v) is 5.30. The summed E-state index contributed by atoms with van der Waals surface area (Å²) in [6, 6.07) is 11.0. The number of hydrogen-bond acceptors (Lipinski definition) is 2. The summed E-state index contributed by atoms with van der Waals surface area (Å²) in [5.41, 5.74) is 2.62. The first-order chi connectivity index (χ1) is 8.51. The van der Waals surface area contributed by atoms with E-state index in [0.29, 0.717) is 5.92 Å². The molecule has 0 aromatic heterocycles. The molecular formula is C16H24N2. The maximum atomic E-state index is 9.22. The van der Waals surface area contributed by atoms with Crippen LogP contribution in [0.2, 0.25) is 0 Å². The van der Waals surface area contributed by atoms with Crippen molar-refractivity contribution in [2.75, 3.05) is 14.1 Å². The average Bonchev–Trinajstić information content (AvgIpc) is 2.38. The molecule has 1 aromatic rings. The van der Waals surface area contributed by atoms with Gasteiger partial charge in [-0.1, -0.05) is 45.0 Å². The van der Waals surface area contributed by atoms with Gasteiger partial charge in [0, 0.05) is 5.92 Å². The SMILES string of the molecule is CCC(C)c1ccc(C(C)C(C#N)N(C)C)cc1. The lowest BCUT2D eigenvalue weighted by Crippen LogP contribution is -2.31. The molecule has 0 heterocycles. The maximum absolute atomic E-state index is 9.22. The third-order valence-corrected chi connectivity index (χ3v) is 3.81. The van der Waals surface area contributed by atoms with Gasteiger partial charge in [0.15, 0.2) is 0 Å². The minimum absolute atomic E-state index is 0.0700. The first kappa shape index (κ1) is 14.7. The van der Waals surface area contributed by atoms with Crippen molar-refractivity contribution in [3.8, 4) is 6.07 Å². The fourth-order valence-electron chi connectivity index (χ4n) is 2.22. The molecule has 2 heteroatoms. The summed E-state index contributed by atoms with van der Waals surface area (Å²) in [6.45, 7) is 6.57. The molecule has 98 valence electrons. The monoisotopic (exact) mass is 244 g/mol. The van der Waals surface area contributed by atoms with E-state index in [4.69, 9.17) is 0 Å². The molecule has 0 aliphatic heterocycles. The Kier molecular flexibility index (Phi) is 5.37. The third-order valence-electron chi connectivity index (χ3n) is 3.81. The minimum Gasteiger partial charge on any atom is -0.294 e. The standard InChI is InChI=1S/C16H24N2/c1-6-12(2)14-7-9-15(10-8-14)13(3)16(11-17)18(4)5/h7-10,12-13,16H,6H2,1-5H3. The van der Waals surface area contributed by atoms with Crippen molar-refractivity contribution in [1.29, 1.82) is 5.26 Å². The Labute approximate surface area is 111 Å². The first-order valence-electron chi connectivity index (χ1n) is 6.67. The van der Waals surface area contributed by atoms with Crippen LogP contribution in [0.3, 0.4) is 0 Å². The third kappa shape index (κ3) is 3.34. The van der Waals surface area contributed by atoms with Crippen molar-refractivity contribution in [2.45, 2.75) is 45.1 Å². The van der Waals surface area contributed by atoms with Gasteiger partial charge in [-0.15, -0.1) is 0 Å². The smallest absolute Gasteiger partial charge is 0.104 e. The van der Waals surface area contributed by atoms with Gasteiger partial charge < -0.3 is 0 Å². The number of likely N-dealkylation sites (N-methyl/N-ethyl adjacent to an activating group) is 1. The van der Waals surface area contributed by atoms with Crippen LogP contribution in [0.25, 0.3) is 0 Å². The highest BCUT2D eigenvalue weighted by molar-refractivity contribution is 5.29. The molecule has 0 amide bonds. The quantitative estimate of drug-likeness (QED) is 0.788. The fraction of sp³-hybridized carbons (Fsp3) is 0.562. The van der Waals surface area contributed by atoms with Crippen molar-refractivity contribution in [3.63, 3.8) is 0 Å². The molecule has 1 aromatic carbocycles. The Balaban J connectivity index is 2.88. The fourth-order valence-corrected chi connectivity index (χ4v) is 2.22. The summed E-state index contributed by atoms with van der Waals surface area (Å²) in [4.78, 5) is 1.98. The van der Waals surface area contributed by atoms with Crippen LogP contribution in [0.15, 0.2) is 24.3 Å². The van der Waals surface area contributed by atoms with Crippen LogP contribution in [0.1, 0.15) is 50.2 Å². The molecule has 0 bridgehead atoms. The van der Waals surface area contributed by atoms with Gasteiger partial charge >= 0.3 is 0 Å². The Morgan fingerprint density at radius 1 is 1.11 bits per heavy atom. The van der Waals surface area contributed by atoms with Crippen LogP contribution < -0.4 is 0 Å². The van der Waals surface area contributed by atoms with Crippen molar-refractivity contribution in [2.24, 2.45) is 0 Å². The molecule has 0 N–H and O–H groups in total. The number of nitrogens with zero attached hydrogens (tertiary/aromatic N) is 2. The summed E-state index contributed by atoms with van der Waals surface area (Å²) < 4.78 is 0. The van der Waals surface area contributed by atoms with E-state index < -0.39 is 0 Å². The molecule has 1 rings (SSSR count). The summed E-state index contributed by atoms with van der Waals surface area (Å²) in [7, 11) is 3.91. The van der Waals surface area contributed by atoms with Crippen LogP contribution in [-0.4, -0.2) is 25.0 Å². The van der Waals surface area contributed by atoms with Crippen LogP contribution in [0.4, 0.5) is 0 Å². The molecule has 0 saturated heterocycles. The molecule has 18 heavy (non-hydrogen) atoms. The lowest BCUT2D eigenvalue weighted by Gasteiger charge is -2.24. The zero-order chi connectivity index (χ0) is 13.7. The first-order valence-corrected chi connectivity index (χ1v) is 6.67. The summed E-state index contributed by atoms with van der Waals surface area (Å²) in [6.07, 6.45) is 1.16. The zero-order valence-electron chi connectivity index (χ0n) is 12.1. The summed E-state index contributed by atoms with van der Waals surface area (Å²) in [5, 5.41) is 9.22. The van der Waals surface area contributed by atoms with Crippen LogP contribution in [0, 0.1) is 11.3 Å². The second kappa shape index (κ2) is 6.56. The second-order valence-electron chi connectivity index (χ2n) is 5.30. The van der Waals surface area contributed by atoms with Crippen molar-refractivity contribution in [3.05, 3.63) is 35.4 Å². The number of rotatable bonds is 5. The highest BCUT2D eigenvalue weighted by Crippen LogP contribution is 2.25. The van der Waals surface area contributed by atoms with E-state index in [1.54, 1.807) is 0 Å². The molecule has 0 fully saturated rings. The van der Waals surface area contributed by atoms with Gasteiger partial charge in [-0.25, -0.2) is 0 Å². The molecule has 0 saturated carbocycles. The van der Waals surface area contributed by atoms with Crippen LogP contribution >= 0.6 is 0 Å². The number of nitriles is 1. The Bertz CT molecular complexity index is 400. The van der Waals surface area contributed by atoms with Gasteiger partial charge in [-0.05, 0) is 37.6 Å². The van der Waals surface area contributed by atoms with E-state index in [-0.39, 0.29) is 12.0 Å². The summed E-state index contributed by atoms with van der Waals surface area (Å²) >= 11 is 0. The zero-order valence-corrected chi connectivity index (χ0v) is 12.1. The van der Waals surface area contributed by atoms with Gasteiger partial charge in [0.2, 0.25) is 0 Å². The maximum Gasteiger partial charge on any atom is 0.104 e. The molecule has 0 aliphatic rings. The topological polar surface area (TPSA) is 27.0 Å². The highest BCUT2D eigenvalue weighted by Gasteiger charge is 2.20. The van der Waals surface area contributed by atoms with Crippen molar-refractivity contribution >= 4 is 0 Å². The number of hydrogen-bond donors (Lipinski definition) is 0. The van der Waals surface area contributed by atoms with E-state index in [9.17, 15) is 5.26 Å². The minimum atomic E-state index is -0.0700. The molecule has 2 nitrogen and oxygen atoms in total. The summed E-state index contributed by atoms with van der Waals surface area (Å²) in [5.74, 6) is 0.839.